The van der Waals surface area contributed by atoms with Gasteiger partial charge in [-0.2, -0.15) is 13.2 Å². The van der Waals surface area contributed by atoms with Crippen LogP contribution in [0.4, 0.5) is 13.2 Å². The molecule has 0 fully saturated rings. The molecule has 0 unspecified atom stereocenters. The number of fused-ring (bicyclic) bond motifs is 1. The van der Waals surface area contributed by atoms with Crippen molar-refractivity contribution in [1.82, 2.24) is 4.90 Å². The van der Waals surface area contributed by atoms with Gasteiger partial charge < -0.3 is 19.5 Å². The number of alkyl halides is 3. The van der Waals surface area contributed by atoms with E-state index in [4.69, 9.17) is 9.47 Å². The zero-order valence-electron chi connectivity index (χ0n) is 17.0. The SMILES string of the molecule is C[Si](C)(C)c1cc2c(cc1CN(CCc1ccc(O)cc1)C(=O)C(F)(F)F)OCO2. The molecule has 0 aliphatic carbocycles. The molecule has 0 bridgehead atoms. The van der Waals surface area contributed by atoms with Gasteiger partial charge in [0, 0.05) is 13.1 Å². The third kappa shape index (κ3) is 5.07. The fourth-order valence-electron chi connectivity index (χ4n) is 3.38. The summed E-state index contributed by atoms with van der Waals surface area (Å²) in [7, 11) is -1.94. The molecule has 3 rings (SSSR count). The maximum atomic E-state index is 13.3. The third-order valence-electron chi connectivity index (χ3n) is 4.90. The summed E-state index contributed by atoms with van der Waals surface area (Å²) >= 11 is 0. The minimum atomic E-state index is -4.97. The van der Waals surface area contributed by atoms with Crippen LogP contribution in [0.3, 0.4) is 0 Å². The fourth-order valence-corrected chi connectivity index (χ4v) is 5.06. The van der Waals surface area contributed by atoms with E-state index in [1.54, 1.807) is 18.2 Å². The lowest BCUT2D eigenvalue weighted by Gasteiger charge is -2.28. The lowest BCUT2D eigenvalue weighted by molar-refractivity contribution is -0.186. The smallest absolute Gasteiger partial charge is 0.471 e. The van der Waals surface area contributed by atoms with Gasteiger partial charge in [-0.15, -0.1) is 0 Å². The minimum absolute atomic E-state index is 0.0654. The highest BCUT2D eigenvalue weighted by Gasteiger charge is 2.42. The molecule has 1 heterocycles. The Labute approximate surface area is 174 Å². The molecular weight excluding hydrogens is 415 g/mol. The molecule has 1 N–H and O–H groups in total. The van der Waals surface area contributed by atoms with Crippen LogP contribution in [0.5, 0.6) is 17.2 Å². The Hall–Kier alpha value is -2.68. The average molecular weight is 440 g/mol. The molecule has 0 radical (unpaired) electrons. The first kappa shape index (κ1) is 22.0. The minimum Gasteiger partial charge on any atom is -0.508 e. The van der Waals surface area contributed by atoms with Crippen molar-refractivity contribution in [2.24, 2.45) is 0 Å². The second kappa shape index (κ2) is 8.21. The number of ether oxygens (including phenoxy) is 2. The number of phenolic OH excluding ortho intramolecular Hbond substituents is 1. The van der Waals surface area contributed by atoms with Gasteiger partial charge in [0.2, 0.25) is 6.79 Å². The molecule has 1 aliphatic heterocycles. The molecule has 1 amide bonds. The Kier molecular flexibility index (Phi) is 6.03. The van der Waals surface area contributed by atoms with Crippen molar-refractivity contribution < 1.29 is 32.5 Å². The number of carbonyl (C=O) groups is 1. The van der Waals surface area contributed by atoms with Crippen LogP contribution in [0.15, 0.2) is 36.4 Å². The lowest BCUT2D eigenvalue weighted by Crippen LogP contribution is -2.45. The van der Waals surface area contributed by atoms with Crippen LogP contribution in [-0.2, 0) is 17.8 Å². The summed E-state index contributed by atoms with van der Waals surface area (Å²) < 4.78 is 50.7. The van der Waals surface area contributed by atoms with E-state index in [1.165, 1.54) is 12.1 Å². The number of hydrogen-bond donors (Lipinski definition) is 1. The van der Waals surface area contributed by atoms with Gasteiger partial charge in [-0.1, -0.05) is 37.0 Å². The molecule has 9 heteroatoms. The number of phenols is 1. The second-order valence-corrected chi connectivity index (χ2v) is 13.3. The first-order valence-corrected chi connectivity index (χ1v) is 13.0. The largest absolute Gasteiger partial charge is 0.508 e. The number of hydrogen-bond acceptors (Lipinski definition) is 4. The maximum Gasteiger partial charge on any atom is 0.471 e. The molecule has 0 saturated heterocycles. The molecule has 2 aromatic rings. The number of benzene rings is 2. The van der Waals surface area contributed by atoms with Crippen molar-refractivity contribution in [2.45, 2.75) is 38.8 Å². The standard InChI is InChI=1S/C21H24F3NO4Si/c1-30(2,3)19-11-18-17(28-13-29-18)10-15(19)12-25(20(27)21(22,23)24)9-8-14-4-6-16(26)7-5-14/h4-7,10-11,26H,8-9,12-13H2,1-3H3. The summed E-state index contributed by atoms with van der Waals surface area (Å²) in [5.74, 6) is -0.749. The maximum absolute atomic E-state index is 13.3. The second-order valence-electron chi connectivity index (χ2n) is 8.25. The van der Waals surface area contributed by atoms with Gasteiger partial charge in [-0.3, -0.25) is 4.79 Å². The zero-order valence-corrected chi connectivity index (χ0v) is 18.0. The summed E-state index contributed by atoms with van der Waals surface area (Å²) in [5, 5.41) is 10.3. The molecule has 5 nitrogen and oxygen atoms in total. The van der Waals surface area contributed by atoms with E-state index in [9.17, 15) is 23.1 Å². The summed E-state index contributed by atoms with van der Waals surface area (Å²) in [6.07, 6.45) is -4.74. The quantitative estimate of drug-likeness (QED) is 0.696. The number of carbonyl (C=O) groups excluding carboxylic acids is 1. The Bertz CT molecular complexity index is 924. The van der Waals surface area contributed by atoms with Crippen LogP contribution < -0.4 is 14.7 Å². The molecule has 1 aliphatic rings. The monoisotopic (exact) mass is 439 g/mol. The predicted molar refractivity (Wildman–Crippen MR) is 109 cm³/mol. The highest BCUT2D eigenvalue weighted by molar-refractivity contribution is 6.89. The summed E-state index contributed by atoms with van der Waals surface area (Å²) in [5.41, 5.74) is 1.37. The number of rotatable bonds is 6. The first-order valence-electron chi connectivity index (χ1n) is 9.52. The molecule has 2 aromatic carbocycles. The van der Waals surface area contributed by atoms with E-state index in [0.29, 0.717) is 17.1 Å². The lowest BCUT2D eigenvalue weighted by atomic mass is 10.1. The van der Waals surface area contributed by atoms with Crippen molar-refractivity contribution in [3.05, 3.63) is 47.5 Å². The van der Waals surface area contributed by atoms with Gasteiger partial charge in [0.25, 0.3) is 0 Å². The van der Waals surface area contributed by atoms with E-state index in [-0.39, 0.29) is 32.1 Å². The Morgan fingerprint density at radius 2 is 1.70 bits per heavy atom. The van der Waals surface area contributed by atoms with Gasteiger partial charge in [-0.25, -0.2) is 0 Å². The van der Waals surface area contributed by atoms with Crippen molar-refractivity contribution in [3.63, 3.8) is 0 Å². The van der Waals surface area contributed by atoms with Crippen molar-refractivity contribution in [2.75, 3.05) is 13.3 Å². The first-order chi connectivity index (χ1) is 13.9. The average Bonchev–Trinajstić information content (AvgIpc) is 3.11. The summed E-state index contributed by atoms with van der Waals surface area (Å²) in [6, 6.07) is 9.70. The predicted octanol–water partition coefficient (Wildman–Crippen LogP) is 3.80. The van der Waals surface area contributed by atoms with E-state index in [0.717, 1.165) is 15.7 Å². The number of amides is 1. The topological polar surface area (TPSA) is 59.0 Å². The van der Waals surface area contributed by atoms with Crippen LogP contribution >= 0.6 is 0 Å². The van der Waals surface area contributed by atoms with E-state index in [1.807, 2.05) is 6.07 Å². The van der Waals surface area contributed by atoms with Crippen LogP contribution in [0.2, 0.25) is 19.6 Å². The van der Waals surface area contributed by atoms with Gasteiger partial charge in [0.1, 0.15) is 5.75 Å². The van der Waals surface area contributed by atoms with Crippen LogP contribution in [0, 0.1) is 0 Å². The molecule has 162 valence electrons. The van der Waals surface area contributed by atoms with Crippen LogP contribution in [-0.4, -0.2) is 43.5 Å². The van der Waals surface area contributed by atoms with E-state index < -0.39 is 20.2 Å². The number of halogens is 3. The molecule has 0 atom stereocenters. The normalized spacial score (nSPS) is 13.4. The Balaban J connectivity index is 1.90. The van der Waals surface area contributed by atoms with Gasteiger partial charge in [0.05, 0.1) is 8.07 Å². The van der Waals surface area contributed by atoms with Gasteiger partial charge >= 0.3 is 12.1 Å². The van der Waals surface area contributed by atoms with Crippen molar-refractivity contribution >= 4 is 19.2 Å². The molecule has 0 saturated carbocycles. The number of aromatic hydroxyl groups is 1. The highest BCUT2D eigenvalue weighted by Crippen LogP contribution is 2.33. The van der Waals surface area contributed by atoms with Crippen LogP contribution in [0.1, 0.15) is 11.1 Å². The van der Waals surface area contributed by atoms with Gasteiger partial charge in [-0.05, 0) is 41.8 Å². The van der Waals surface area contributed by atoms with Crippen molar-refractivity contribution in [3.8, 4) is 17.2 Å². The molecule has 0 aromatic heterocycles. The molecule has 0 spiro atoms. The summed E-state index contributed by atoms with van der Waals surface area (Å²) in [4.78, 5) is 13.0. The number of nitrogens with zero attached hydrogens (tertiary/aromatic N) is 1. The Morgan fingerprint density at radius 3 is 2.27 bits per heavy atom. The molecule has 30 heavy (non-hydrogen) atoms. The van der Waals surface area contributed by atoms with Crippen LogP contribution in [0.25, 0.3) is 0 Å². The molecular formula is C21H24F3NO4Si. The van der Waals surface area contributed by atoms with E-state index >= 15 is 0 Å². The fraction of sp³-hybridized carbons (Fsp3) is 0.381. The third-order valence-corrected chi connectivity index (χ3v) is 6.99. The Morgan fingerprint density at radius 1 is 1.10 bits per heavy atom. The summed E-state index contributed by atoms with van der Waals surface area (Å²) in [6.45, 7) is 6.03. The van der Waals surface area contributed by atoms with E-state index in [2.05, 4.69) is 19.6 Å². The van der Waals surface area contributed by atoms with Gasteiger partial charge in [0.15, 0.2) is 11.5 Å². The zero-order chi connectivity index (χ0) is 22.1. The highest BCUT2D eigenvalue weighted by atomic mass is 28.3. The van der Waals surface area contributed by atoms with Crippen molar-refractivity contribution in [1.29, 1.82) is 0 Å².